The molecule has 2 fully saturated rings. The molecule has 2 aliphatic heterocycles. The quantitative estimate of drug-likeness (QED) is 0.867. The Balaban J connectivity index is 1.68. The summed E-state index contributed by atoms with van der Waals surface area (Å²) in [5, 5.41) is 3.96. The summed E-state index contributed by atoms with van der Waals surface area (Å²) < 4.78 is 24.0. The van der Waals surface area contributed by atoms with Crippen LogP contribution in [0.2, 0.25) is 5.02 Å². The zero-order valence-electron chi connectivity index (χ0n) is 12.9. The maximum atomic E-state index is 12.0. The maximum Gasteiger partial charge on any atom is 0.153 e. The molecule has 0 spiro atoms. The van der Waals surface area contributed by atoms with Gasteiger partial charge in [-0.25, -0.2) is 18.4 Å². The van der Waals surface area contributed by atoms with E-state index in [1.54, 1.807) is 0 Å². The third kappa shape index (κ3) is 2.99. The van der Waals surface area contributed by atoms with Gasteiger partial charge in [0.15, 0.2) is 9.84 Å². The van der Waals surface area contributed by atoms with E-state index in [1.165, 1.54) is 6.33 Å². The van der Waals surface area contributed by atoms with E-state index in [0.29, 0.717) is 5.02 Å². The summed E-state index contributed by atoms with van der Waals surface area (Å²) in [5.74, 6) is 1.12. The molecule has 0 saturated carbocycles. The fraction of sp³-hybridized carbons (Fsp3) is 0.375. The van der Waals surface area contributed by atoms with Crippen molar-refractivity contribution in [1.29, 1.82) is 0 Å². The molecule has 0 bridgehead atoms. The Kier molecular flexibility index (Phi) is 3.94. The molecule has 0 amide bonds. The van der Waals surface area contributed by atoms with Gasteiger partial charge < -0.3 is 10.2 Å². The number of anilines is 1. The van der Waals surface area contributed by atoms with E-state index in [1.807, 2.05) is 30.3 Å². The van der Waals surface area contributed by atoms with E-state index < -0.39 is 9.84 Å². The molecular weight excluding hydrogens is 348 g/mol. The van der Waals surface area contributed by atoms with Crippen LogP contribution in [0.25, 0.3) is 11.3 Å². The van der Waals surface area contributed by atoms with Crippen LogP contribution in [0.3, 0.4) is 0 Å². The fourth-order valence-electron chi connectivity index (χ4n) is 3.46. The van der Waals surface area contributed by atoms with Gasteiger partial charge in [-0.05, 0) is 12.1 Å². The van der Waals surface area contributed by atoms with E-state index in [4.69, 9.17) is 11.6 Å². The van der Waals surface area contributed by atoms with Crippen molar-refractivity contribution in [3.63, 3.8) is 0 Å². The van der Waals surface area contributed by atoms with Crippen LogP contribution in [0.5, 0.6) is 0 Å². The Morgan fingerprint density at radius 3 is 2.92 bits per heavy atom. The molecule has 126 valence electrons. The third-order valence-corrected chi connectivity index (χ3v) is 6.50. The Labute approximate surface area is 145 Å². The second kappa shape index (κ2) is 5.98. The van der Waals surface area contributed by atoms with Crippen molar-refractivity contribution in [3.05, 3.63) is 41.7 Å². The van der Waals surface area contributed by atoms with Gasteiger partial charge in [-0.15, -0.1) is 0 Å². The molecule has 4 rings (SSSR count). The number of hydrogen-bond donors (Lipinski definition) is 1. The van der Waals surface area contributed by atoms with Crippen molar-refractivity contribution in [2.24, 2.45) is 0 Å². The summed E-state index contributed by atoms with van der Waals surface area (Å²) in [4.78, 5) is 10.8. The number of fused-ring (bicyclic) bond motifs is 1. The summed E-state index contributed by atoms with van der Waals surface area (Å²) in [6.07, 6.45) is 1.52. The van der Waals surface area contributed by atoms with Crippen molar-refractivity contribution >= 4 is 27.3 Å². The molecule has 0 unspecified atom stereocenters. The van der Waals surface area contributed by atoms with Crippen molar-refractivity contribution < 1.29 is 8.42 Å². The molecular formula is C16H17ClN4O2S. The number of sulfone groups is 1. The Bertz CT molecular complexity index is 874. The molecule has 2 aromatic rings. The summed E-state index contributed by atoms with van der Waals surface area (Å²) >= 11 is 6.06. The average molecular weight is 365 g/mol. The maximum absolute atomic E-state index is 12.0. The molecule has 3 heterocycles. The summed E-state index contributed by atoms with van der Waals surface area (Å²) in [6.45, 7) is 1.47. The number of rotatable bonds is 2. The number of aromatic nitrogens is 2. The van der Waals surface area contributed by atoms with Gasteiger partial charge in [0.25, 0.3) is 0 Å². The second-order valence-corrected chi connectivity index (χ2v) is 8.76. The first-order valence-corrected chi connectivity index (χ1v) is 10.0. The van der Waals surface area contributed by atoms with E-state index >= 15 is 0 Å². The molecule has 24 heavy (non-hydrogen) atoms. The minimum Gasteiger partial charge on any atom is -0.350 e. The molecule has 8 heteroatoms. The number of hydrogen-bond acceptors (Lipinski definition) is 6. The zero-order chi connectivity index (χ0) is 16.7. The van der Waals surface area contributed by atoms with Crippen molar-refractivity contribution in [2.75, 3.05) is 29.5 Å². The summed E-state index contributed by atoms with van der Waals surface area (Å²) in [6, 6.07) is 9.28. The van der Waals surface area contributed by atoms with Crippen LogP contribution < -0.4 is 10.2 Å². The van der Waals surface area contributed by atoms with Gasteiger partial charge >= 0.3 is 0 Å². The van der Waals surface area contributed by atoms with Gasteiger partial charge in [0.05, 0.1) is 23.2 Å². The van der Waals surface area contributed by atoms with Gasteiger partial charge in [0.1, 0.15) is 12.1 Å². The molecule has 2 saturated heterocycles. The molecule has 6 nitrogen and oxygen atoms in total. The monoisotopic (exact) mass is 364 g/mol. The van der Waals surface area contributed by atoms with Gasteiger partial charge in [-0.3, -0.25) is 0 Å². The molecule has 2 aliphatic rings. The Hall–Kier alpha value is -1.70. The van der Waals surface area contributed by atoms with Crippen molar-refractivity contribution in [3.8, 4) is 11.3 Å². The van der Waals surface area contributed by atoms with Gasteiger partial charge in [0.2, 0.25) is 0 Å². The van der Waals surface area contributed by atoms with E-state index in [-0.39, 0.29) is 23.6 Å². The molecule has 1 aromatic heterocycles. The Morgan fingerprint density at radius 2 is 2.08 bits per heavy atom. The first kappa shape index (κ1) is 15.8. The van der Waals surface area contributed by atoms with Crippen LogP contribution in [0.15, 0.2) is 36.7 Å². The highest BCUT2D eigenvalue weighted by Crippen LogP contribution is 2.28. The molecule has 1 N–H and O–H groups in total. The van der Waals surface area contributed by atoms with Crippen LogP contribution >= 0.6 is 11.6 Å². The van der Waals surface area contributed by atoms with Crippen LogP contribution in [0.1, 0.15) is 0 Å². The highest BCUT2D eigenvalue weighted by molar-refractivity contribution is 7.91. The topological polar surface area (TPSA) is 75.2 Å². The first-order valence-electron chi connectivity index (χ1n) is 7.80. The summed E-state index contributed by atoms with van der Waals surface area (Å²) in [5.41, 5.74) is 1.69. The molecule has 0 radical (unpaired) electrons. The largest absolute Gasteiger partial charge is 0.350 e. The smallest absolute Gasteiger partial charge is 0.153 e. The number of halogens is 1. The zero-order valence-corrected chi connectivity index (χ0v) is 14.5. The predicted molar refractivity (Wildman–Crippen MR) is 94.1 cm³/mol. The number of nitrogens with zero attached hydrogens (tertiary/aromatic N) is 3. The standard InChI is InChI=1S/C16H17ClN4O2S/c17-12-3-1-2-11(6-12)13-7-16(20-10-19-13)21-5-4-18-14-8-24(22,23)9-15(14)21/h1-3,6-7,10,14-15,18H,4-5,8-9H2/t14-,15+/m1/s1. The highest BCUT2D eigenvalue weighted by atomic mass is 35.5. The van der Waals surface area contributed by atoms with Crippen LogP contribution in [0, 0.1) is 0 Å². The minimum absolute atomic E-state index is 0.0339. The highest BCUT2D eigenvalue weighted by Gasteiger charge is 2.43. The van der Waals surface area contributed by atoms with E-state index in [2.05, 4.69) is 20.2 Å². The fourth-order valence-corrected chi connectivity index (χ4v) is 5.61. The third-order valence-electron chi connectivity index (χ3n) is 4.55. The first-order chi connectivity index (χ1) is 11.5. The van der Waals surface area contributed by atoms with Gasteiger partial charge in [0, 0.05) is 35.8 Å². The normalized spacial score (nSPS) is 25.5. The Morgan fingerprint density at radius 1 is 1.21 bits per heavy atom. The summed E-state index contributed by atoms with van der Waals surface area (Å²) in [7, 11) is -3.00. The molecule has 0 aliphatic carbocycles. The van der Waals surface area contributed by atoms with Gasteiger partial charge in [-0.1, -0.05) is 23.7 Å². The number of benzene rings is 1. The van der Waals surface area contributed by atoms with Crippen molar-refractivity contribution in [2.45, 2.75) is 12.1 Å². The average Bonchev–Trinajstić information content (AvgIpc) is 2.88. The lowest BCUT2D eigenvalue weighted by Gasteiger charge is -2.38. The molecule has 2 atom stereocenters. The van der Waals surface area contributed by atoms with E-state index in [9.17, 15) is 8.42 Å². The molecule has 1 aromatic carbocycles. The lowest BCUT2D eigenvalue weighted by molar-refractivity contribution is 0.422. The van der Waals surface area contributed by atoms with Gasteiger partial charge in [-0.2, -0.15) is 0 Å². The SMILES string of the molecule is O=S1(=O)C[C@H]2NCCN(c3cc(-c4cccc(Cl)c4)ncn3)[C@H]2C1. The lowest BCUT2D eigenvalue weighted by atomic mass is 10.1. The predicted octanol–water partition coefficient (Wildman–Crippen LogP) is 1.37. The van der Waals surface area contributed by atoms with Crippen LogP contribution in [-0.4, -0.2) is 55.1 Å². The minimum atomic E-state index is -3.00. The second-order valence-electron chi connectivity index (χ2n) is 6.17. The van der Waals surface area contributed by atoms with Crippen molar-refractivity contribution in [1.82, 2.24) is 15.3 Å². The van der Waals surface area contributed by atoms with Crippen LogP contribution in [0.4, 0.5) is 5.82 Å². The number of nitrogens with one attached hydrogen (secondary N) is 1. The lowest BCUT2D eigenvalue weighted by Crippen LogP contribution is -2.57. The van der Waals surface area contributed by atoms with Crippen LogP contribution in [-0.2, 0) is 9.84 Å². The number of piperazine rings is 1. The van der Waals surface area contributed by atoms with E-state index in [0.717, 1.165) is 30.2 Å².